The SMILES string of the molecule is CCN(Cc1ccccc1)C(=O)COC(=O)/C(C#N)=C/c1ccccc1. The van der Waals surface area contributed by atoms with Gasteiger partial charge in [0, 0.05) is 13.1 Å². The molecule has 0 unspecified atom stereocenters. The zero-order chi connectivity index (χ0) is 18.8. The Kier molecular flexibility index (Phi) is 7.14. The van der Waals surface area contributed by atoms with E-state index in [1.54, 1.807) is 29.2 Å². The van der Waals surface area contributed by atoms with Gasteiger partial charge >= 0.3 is 5.97 Å². The van der Waals surface area contributed by atoms with E-state index in [-0.39, 0.29) is 11.5 Å². The average Bonchev–Trinajstić information content (AvgIpc) is 2.69. The summed E-state index contributed by atoms with van der Waals surface area (Å²) in [6, 6.07) is 20.4. The van der Waals surface area contributed by atoms with Crippen molar-refractivity contribution >= 4 is 18.0 Å². The molecule has 0 atom stereocenters. The standard InChI is InChI=1S/C21H20N2O3/c1-2-23(15-18-11-7-4-8-12-18)20(24)16-26-21(25)19(14-22)13-17-9-5-3-6-10-17/h3-13H,2,15-16H2,1H3/b19-13+. The first kappa shape index (κ1) is 18.9. The summed E-state index contributed by atoms with van der Waals surface area (Å²) < 4.78 is 5.03. The first-order chi connectivity index (χ1) is 12.6. The number of nitrogens with zero attached hydrogens (tertiary/aromatic N) is 2. The van der Waals surface area contributed by atoms with Gasteiger partial charge in [-0.05, 0) is 24.1 Å². The molecule has 0 saturated heterocycles. The summed E-state index contributed by atoms with van der Waals surface area (Å²) in [6.45, 7) is 2.40. The second-order valence-corrected chi connectivity index (χ2v) is 5.55. The van der Waals surface area contributed by atoms with E-state index in [0.717, 1.165) is 5.56 Å². The average molecular weight is 348 g/mol. The number of hydrogen-bond acceptors (Lipinski definition) is 4. The Morgan fingerprint density at radius 2 is 1.69 bits per heavy atom. The maximum Gasteiger partial charge on any atom is 0.349 e. The van der Waals surface area contributed by atoms with Gasteiger partial charge in [-0.3, -0.25) is 4.79 Å². The molecule has 2 aromatic rings. The molecule has 0 aliphatic carbocycles. The van der Waals surface area contributed by atoms with Crippen LogP contribution in [-0.4, -0.2) is 29.9 Å². The highest BCUT2D eigenvalue weighted by Gasteiger charge is 2.17. The minimum absolute atomic E-state index is 0.143. The molecule has 5 heteroatoms. The molecule has 0 fully saturated rings. The number of rotatable bonds is 7. The van der Waals surface area contributed by atoms with Crippen LogP contribution in [0.3, 0.4) is 0 Å². The number of benzene rings is 2. The van der Waals surface area contributed by atoms with Crippen LogP contribution in [0.2, 0.25) is 0 Å². The smallest absolute Gasteiger partial charge is 0.349 e. The fraction of sp³-hybridized carbons (Fsp3) is 0.190. The highest BCUT2D eigenvalue weighted by molar-refractivity contribution is 5.98. The highest BCUT2D eigenvalue weighted by atomic mass is 16.5. The number of carbonyl (C=O) groups excluding carboxylic acids is 2. The number of hydrogen-bond donors (Lipinski definition) is 0. The van der Waals surface area contributed by atoms with Gasteiger partial charge in [-0.15, -0.1) is 0 Å². The van der Waals surface area contributed by atoms with Crippen LogP contribution in [0.15, 0.2) is 66.2 Å². The molecule has 0 N–H and O–H groups in total. The fourth-order valence-electron chi connectivity index (χ4n) is 2.33. The number of esters is 1. The van der Waals surface area contributed by atoms with Gasteiger partial charge in [0.1, 0.15) is 11.6 Å². The van der Waals surface area contributed by atoms with Crippen molar-refractivity contribution in [1.29, 1.82) is 5.26 Å². The second kappa shape index (κ2) is 9.80. The third-order valence-corrected chi connectivity index (χ3v) is 3.73. The van der Waals surface area contributed by atoms with Crippen LogP contribution in [0, 0.1) is 11.3 Å². The van der Waals surface area contributed by atoms with Gasteiger partial charge in [-0.1, -0.05) is 60.7 Å². The van der Waals surface area contributed by atoms with Crippen LogP contribution < -0.4 is 0 Å². The molecule has 0 heterocycles. The summed E-state index contributed by atoms with van der Waals surface area (Å²) in [6.07, 6.45) is 1.44. The van der Waals surface area contributed by atoms with E-state index in [4.69, 9.17) is 10.00 Å². The number of amides is 1. The van der Waals surface area contributed by atoms with Crippen molar-refractivity contribution in [2.45, 2.75) is 13.5 Å². The van der Waals surface area contributed by atoms with Crippen molar-refractivity contribution in [3.63, 3.8) is 0 Å². The summed E-state index contributed by atoms with van der Waals surface area (Å²) in [5, 5.41) is 9.16. The predicted octanol–water partition coefficient (Wildman–Crippen LogP) is 3.19. The molecule has 5 nitrogen and oxygen atoms in total. The van der Waals surface area contributed by atoms with Gasteiger partial charge in [0.2, 0.25) is 0 Å². The van der Waals surface area contributed by atoms with Crippen LogP contribution in [0.1, 0.15) is 18.1 Å². The van der Waals surface area contributed by atoms with Crippen molar-refractivity contribution in [1.82, 2.24) is 4.90 Å². The summed E-state index contributed by atoms with van der Waals surface area (Å²) in [4.78, 5) is 26.0. The van der Waals surface area contributed by atoms with E-state index in [2.05, 4.69) is 0 Å². The highest BCUT2D eigenvalue weighted by Crippen LogP contribution is 2.09. The summed E-state index contributed by atoms with van der Waals surface area (Å²) >= 11 is 0. The van der Waals surface area contributed by atoms with E-state index in [9.17, 15) is 9.59 Å². The van der Waals surface area contributed by atoms with Crippen molar-refractivity contribution in [3.8, 4) is 6.07 Å². The molecule has 0 aliphatic heterocycles. The number of nitriles is 1. The monoisotopic (exact) mass is 348 g/mol. The molecule has 2 rings (SSSR count). The molecule has 0 aromatic heterocycles. The Balaban J connectivity index is 1.95. The lowest BCUT2D eigenvalue weighted by molar-refractivity contribution is -0.148. The molecule has 132 valence electrons. The molecule has 0 radical (unpaired) electrons. The molecule has 2 aromatic carbocycles. The molecule has 26 heavy (non-hydrogen) atoms. The third-order valence-electron chi connectivity index (χ3n) is 3.73. The van der Waals surface area contributed by atoms with Gasteiger partial charge in [0.25, 0.3) is 5.91 Å². The predicted molar refractivity (Wildman–Crippen MR) is 98.5 cm³/mol. The van der Waals surface area contributed by atoms with Crippen LogP contribution >= 0.6 is 0 Å². The van der Waals surface area contributed by atoms with E-state index >= 15 is 0 Å². The lowest BCUT2D eigenvalue weighted by atomic mass is 10.1. The maximum atomic E-state index is 12.3. The quantitative estimate of drug-likeness (QED) is 0.438. The Morgan fingerprint density at radius 3 is 2.27 bits per heavy atom. The molecule has 0 saturated carbocycles. The molecular weight excluding hydrogens is 328 g/mol. The summed E-state index contributed by atoms with van der Waals surface area (Å²) in [7, 11) is 0. The topological polar surface area (TPSA) is 70.4 Å². The fourth-order valence-corrected chi connectivity index (χ4v) is 2.33. The van der Waals surface area contributed by atoms with E-state index in [1.807, 2.05) is 49.4 Å². The lowest BCUT2D eigenvalue weighted by Gasteiger charge is -2.20. The van der Waals surface area contributed by atoms with Crippen molar-refractivity contribution in [2.75, 3.05) is 13.2 Å². The lowest BCUT2D eigenvalue weighted by Crippen LogP contribution is -2.34. The van der Waals surface area contributed by atoms with Gasteiger partial charge in [0.05, 0.1) is 0 Å². The van der Waals surface area contributed by atoms with Crippen LogP contribution in [0.4, 0.5) is 0 Å². The first-order valence-electron chi connectivity index (χ1n) is 8.29. The Labute approximate surface area is 153 Å². The van der Waals surface area contributed by atoms with E-state index in [1.165, 1.54) is 6.08 Å². The van der Waals surface area contributed by atoms with Gasteiger partial charge in [0.15, 0.2) is 6.61 Å². The Hall–Kier alpha value is -3.39. The minimum Gasteiger partial charge on any atom is -0.451 e. The van der Waals surface area contributed by atoms with Crippen LogP contribution in [0.5, 0.6) is 0 Å². The number of ether oxygens (including phenoxy) is 1. The van der Waals surface area contributed by atoms with E-state index < -0.39 is 12.6 Å². The number of carbonyl (C=O) groups is 2. The molecule has 0 bridgehead atoms. The van der Waals surface area contributed by atoms with Gasteiger partial charge < -0.3 is 9.64 Å². The summed E-state index contributed by atoms with van der Waals surface area (Å²) in [5.74, 6) is -1.11. The normalized spacial score (nSPS) is 10.7. The Morgan fingerprint density at radius 1 is 1.08 bits per heavy atom. The first-order valence-corrected chi connectivity index (χ1v) is 8.29. The van der Waals surface area contributed by atoms with Gasteiger partial charge in [-0.2, -0.15) is 5.26 Å². The van der Waals surface area contributed by atoms with Crippen molar-refractivity contribution in [2.24, 2.45) is 0 Å². The molecule has 0 aliphatic rings. The maximum absolute atomic E-state index is 12.3. The largest absolute Gasteiger partial charge is 0.451 e. The molecule has 0 spiro atoms. The molecule has 1 amide bonds. The Bertz CT molecular complexity index is 808. The van der Waals surface area contributed by atoms with Crippen LogP contribution in [0.25, 0.3) is 6.08 Å². The third kappa shape index (κ3) is 5.60. The zero-order valence-electron chi connectivity index (χ0n) is 14.6. The minimum atomic E-state index is -0.805. The zero-order valence-corrected chi connectivity index (χ0v) is 14.6. The number of likely N-dealkylation sites (N-methyl/N-ethyl adjacent to an activating group) is 1. The van der Waals surface area contributed by atoms with Crippen molar-refractivity contribution in [3.05, 3.63) is 77.4 Å². The second-order valence-electron chi connectivity index (χ2n) is 5.55. The van der Waals surface area contributed by atoms with Gasteiger partial charge in [-0.25, -0.2) is 4.79 Å². The van der Waals surface area contributed by atoms with Crippen molar-refractivity contribution < 1.29 is 14.3 Å². The summed E-state index contributed by atoms with van der Waals surface area (Å²) in [5.41, 5.74) is 1.57. The molecular formula is C21H20N2O3. The van der Waals surface area contributed by atoms with E-state index in [0.29, 0.717) is 18.7 Å². The van der Waals surface area contributed by atoms with Crippen LogP contribution in [-0.2, 0) is 20.9 Å².